The van der Waals surface area contributed by atoms with E-state index in [1.807, 2.05) is 36.4 Å². The van der Waals surface area contributed by atoms with Gasteiger partial charge in [-0.15, -0.1) is 0 Å². The van der Waals surface area contributed by atoms with Crippen molar-refractivity contribution in [2.24, 2.45) is 0 Å². The smallest absolute Gasteiger partial charge is 0.213 e. The van der Waals surface area contributed by atoms with Crippen molar-refractivity contribution in [2.75, 3.05) is 12.4 Å². The topological polar surface area (TPSA) is 64.1 Å². The second kappa shape index (κ2) is 6.70. The van der Waals surface area contributed by atoms with Gasteiger partial charge in [-0.25, -0.2) is 9.97 Å². The summed E-state index contributed by atoms with van der Waals surface area (Å²) in [6.07, 6.45) is 4.27. The summed E-state index contributed by atoms with van der Waals surface area (Å²) in [6.45, 7) is 0. The molecule has 0 fully saturated rings. The molecule has 0 aliphatic carbocycles. The molecule has 3 aromatic rings. The van der Waals surface area contributed by atoms with Crippen LogP contribution in [0.25, 0.3) is 11.1 Å². The van der Waals surface area contributed by atoms with Gasteiger partial charge in [0.2, 0.25) is 5.88 Å². The summed E-state index contributed by atoms with van der Waals surface area (Å²) in [4.78, 5) is 19.6. The number of hydrogen-bond acceptors (Lipinski definition) is 5. The minimum atomic E-state index is 0.560. The number of aldehydes is 1. The molecule has 0 aliphatic rings. The van der Waals surface area contributed by atoms with Crippen LogP contribution in [0.3, 0.4) is 0 Å². The van der Waals surface area contributed by atoms with E-state index in [1.54, 1.807) is 31.6 Å². The molecule has 0 saturated heterocycles. The Morgan fingerprint density at radius 1 is 1.00 bits per heavy atom. The molecule has 114 valence electrons. The van der Waals surface area contributed by atoms with Gasteiger partial charge in [0.25, 0.3) is 0 Å². The third-order valence-corrected chi connectivity index (χ3v) is 3.38. The minimum absolute atomic E-state index is 0.560. The van der Waals surface area contributed by atoms with Crippen molar-refractivity contribution in [3.05, 3.63) is 66.5 Å². The summed E-state index contributed by atoms with van der Waals surface area (Å²) < 4.78 is 5.02. The standard InChI is InChI=1S/C18H15N3O2/c1-23-18-9-7-15(11-20-18)21-17-8-6-13(10-19-17)16-5-3-2-4-14(16)12-22/h2-12H,1H3,(H,19,21). The lowest BCUT2D eigenvalue weighted by atomic mass is 10.0. The highest BCUT2D eigenvalue weighted by atomic mass is 16.5. The number of anilines is 2. The Labute approximate surface area is 134 Å². The van der Waals surface area contributed by atoms with Gasteiger partial charge >= 0.3 is 0 Å². The van der Waals surface area contributed by atoms with Crippen LogP contribution in [0.1, 0.15) is 10.4 Å². The van der Waals surface area contributed by atoms with Crippen LogP contribution in [0.2, 0.25) is 0 Å². The first-order valence-corrected chi connectivity index (χ1v) is 7.08. The van der Waals surface area contributed by atoms with Crippen molar-refractivity contribution in [1.82, 2.24) is 9.97 Å². The average molecular weight is 305 g/mol. The fraction of sp³-hybridized carbons (Fsp3) is 0.0556. The summed E-state index contributed by atoms with van der Waals surface area (Å²) >= 11 is 0. The Balaban J connectivity index is 1.80. The van der Waals surface area contributed by atoms with Crippen molar-refractivity contribution >= 4 is 17.8 Å². The molecule has 2 heterocycles. The quantitative estimate of drug-likeness (QED) is 0.728. The lowest BCUT2D eigenvalue weighted by Crippen LogP contribution is -1.95. The fourth-order valence-electron chi connectivity index (χ4n) is 2.21. The van der Waals surface area contributed by atoms with E-state index >= 15 is 0 Å². The first-order valence-electron chi connectivity index (χ1n) is 7.08. The first kappa shape index (κ1) is 14.7. The van der Waals surface area contributed by atoms with Crippen LogP contribution in [-0.2, 0) is 0 Å². The highest BCUT2D eigenvalue weighted by Gasteiger charge is 2.05. The Bertz CT molecular complexity index is 799. The van der Waals surface area contributed by atoms with E-state index in [-0.39, 0.29) is 0 Å². The molecule has 5 heteroatoms. The molecule has 3 rings (SSSR count). The number of carbonyl (C=O) groups excluding carboxylic acids is 1. The zero-order valence-corrected chi connectivity index (χ0v) is 12.6. The lowest BCUT2D eigenvalue weighted by molar-refractivity contribution is 0.112. The van der Waals surface area contributed by atoms with E-state index in [0.29, 0.717) is 17.3 Å². The lowest BCUT2D eigenvalue weighted by Gasteiger charge is -2.08. The van der Waals surface area contributed by atoms with Crippen molar-refractivity contribution in [1.29, 1.82) is 0 Å². The molecule has 0 bridgehead atoms. The molecule has 0 saturated carbocycles. The summed E-state index contributed by atoms with van der Waals surface area (Å²) in [6, 6.07) is 14.9. The summed E-state index contributed by atoms with van der Waals surface area (Å²) in [5.74, 6) is 1.26. The van der Waals surface area contributed by atoms with Gasteiger partial charge in [-0.3, -0.25) is 4.79 Å². The molecule has 5 nitrogen and oxygen atoms in total. The van der Waals surface area contributed by atoms with Gasteiger partial charge in [0, 0.05) is 23.4 Å². The van der Waals surface area contributed by atoms with Crippen LogP contribution in [0.4, 0.5) is 11.5 Å². The van der Waals surface area contributed by atoms with E-state index < -0.39 is 0 Å². The number of nitrogens with zero attached hydrogens (tertiary/aromatic N) is 2. The van der Waals surface area contributed by atoms with E-state index in [1.165, 1.54) is 0 Å². The maximum absolute atomic E-state index is 11.1. The maximum atomic E-state index is 11.1. The molecular formula is C18H15N3O2. The zero-order chi connectivity index (χ0) is 16.1. The highest BCUT2D eigenvalue weighted by molar-refractivity contribution is 5.87. The molecule has 0 spiro atoms. The zero-order valence-electron chi connectivity index (χ0n) is 12.6. The molecule has 1 aromatic carbocycles. The highest BCUT2D eigenvalue weighted by Crippen LogP contribution is 2.24. The van der Waals surface area contributed by atoms with Crippen molar-refractivity contribution in [2.45, 2.75) is 0 Å². The Kier molecular flexibility index (Phi) is 4.29. The molecule has 0 amide bonds. The Morgan fingerprint density at radius 2 is 1.87 bits per heavy atom. The summed E-state index contributed by atoms with van der Waals surface area (Å²) in [5.41, 5.74) is 3.23. The Hall–Kier alpha value is -3.21. The second-order valence-electron chi connectivity index (χ2n) is 4.85. The van der Waals surface area contributed by atoms with Gasteiger partial charge in [-0.1, -0.05) is 24.3 Å². The van der Waals surface area contributed by atoms with Gasteiger partial charge in [-0.2, -0.15) is 0 Å². The molecule has 2 aromatic heterocycles. The van der Waals surface area contributed by atoms with E-state index in [9.17, 15) is 4.79 Å². The number of hydrogen-bond donors (Lipinski definition) is 1. The molecule has 1 N–H and O–H groups in total. The minimum Gasteiger partial charge on any atom is -0.481 e. The number of benzene rings is 1. The van der Waals surface area contributed by atoms with Gasteiger partial charge in [0.05, 0.1) is 19.0 Å². The number of carbonyl (C=O) groups is 1. The predicted octanol–water partition coefficient (Wildman–Crippen LogP) is 3.71. The summed E-state index contributed by atoms with van der Waals surface area (Å²) in [5, 5.41) is 3.16. The maximum Gasteiger partial charge on any atom is 0.213 e. The number of methoxy groups -OCH3 is 1. The van der Waals surface area contributed by atoms with Crippen molar-refractivity contribution in [3.8, 4) is 17.0 Å². The van der Waals surface area contributed by atoms with E-state index in [2.05, 4.69) is 15.3 Å². The van der Waals surface area contributed by atoms with Crippen molar-refractivity contribution < 1.29 is 9.53 Å². The van der Waals surface area contributed by atoms with Crippen LogP contribution in [0.5, 0.6) is 5.88 Å². The van der Waals surface area contributed by atoms with Crippen LogP contribution in [-0.4, -0.2) is 23.4 Å². The van der Waals surface area contributed by atoms with Gasteiger partial charge in [-0.05, 0) is 23.8 Å². The third-order valence-electron chi connectivity index (χ3n) is 3.38. The number of pyridine rings is 2. The molecule has 0 radical (unpaired) electrons. The van der Waals surface area contributed by atoms with Crippen LogP contribution in [0, 0.1) is 0 Å². The van der Waals surface area contributed by atoms with Crippen LogP contribution in [0.15, 0.2) is 60.9 Å². The molecular weight excluding hydrogens is 290 g/mol. The monoisotopic (exact) mass is 305 g/mol. The number of nitrogens with one attached hydrogen (secondary N) is 1. The van der Waals surface area contributed by atoms with Crippen LogP contribution < -0.4 is 10.1 Å². The largest absolute Gasteiger partial charge is 0.481 e. The first-order chi connectivity index (χ1) is 11.3. The van der Waals surface area contributed by atoms with E-state index in [4.69, 9.17) is 4.74 Å². The van der Waals surface area contributed by atoms with Gasteiger partial charge in [0.15, 0.2) is 6.29 Å². The van der Waals surface area contributed by atoms with E-state index in [0.717, 1.165) is 23.1 Å². The van der Waals surface area contributed by atoms with Gasteiger partial charge < -0.3 is 10.1 Å². The molecule has 0 unspecified atom stereocenters. The van der Waals surface area contributed by atoms with Gasteiger partial charge in [0.1, 0.15) is 5.82 Å². The molecule has 0 aliphatic heterocycles. The predicted molar refractivity (Wildman–Crippen MR) is 89.1 cm³/mol. The van der Waals surface area contributed by atoms with Crippen LogP contribution >= 0.6 is 0 Å². The summed E-state index contributed by atoms with van der Waals surface area (Å²) in [7, 11) is 1.58. The van der Waals surface area contributed by atoms with Crippen molar-refractivity contribution in [3.63, 3.8) is 0 Å². The Morgan fingerprint density at radius 3 is 2.52 bits per heavy atom. The normalized spacial score (nSPS) is 10.1. The SMILES string of the molecule is COc1ccc(Nc2ccc(-c3ccccc3C=O)cn2)cn1. The molecule has 23 heavy (non-hydrogen) atoms. The second-order valence-corrected chi connectivity index (χ2v) is 4.85. The molecule has 0 atom stereocenters. The number of ether oxygens (including phenoxy) is 1. The number of aromatic nitrogens is 2. The third kappa shape index (κ3) is 3.35. The number of rotatable bonds is 5. The average Bonchev–Trinajstić information content (AvgIpc) is 2.63. The fourth-order valence-corrected chi connectivity index (χ4v) is 2.21.